The summed E-state index contributed by atoms with van der Waals surface area (Å²) in [6.07, 6.45) is -5.48. The van der Waals surface area contributed by atoms with Crippen molar-refractivity contribution >= 4 is 0 Å². The summed E-state index contributed by atoms with van der Waals surface area (Å²) in [4.78, 5) is 0. The Kier molecular flexibility index (Phi) is 5.44. The molecule has 1 saturated heterocycles. The van der Waals surface area contributed by atoms with Crippen molar-refractivity contribution in [2.75, 3.05) is 13.2 Å². The Balaban J connectivity index is 2.56. The fourth-order valence-electron chi connectivity index (χ4n) is 1.46. The van der Waals surface area contributed by atoms with Gasteiger partial charge < -0.3 is 29.9 Å². The standard InChI is InChI=1S/C10H17FO6/c1-5(11)2-3-16-10-9(15)8(14)7(13)6(4-12)17-10/h2,6-10,12-15H,3-4H2,1H3/t6?,7-,8+,9?,10-/m1/s1. The average molecular weight is 252 g/mol. The third kappa shape index (κ3) is 3.70. The summed E-state index contributed by atoms with van der Waals surface area (Å²) in [6, 6.07) is 0. The molecule has 5 atom stereocenters. The smallest absolute Gasteiger partial charge is 0.187 e. The van der Waals surface area contributed by atoms with Crippen molar-refractivity contribution < 1.29 is 34.3 Å². The molecule has 0 aromatic carbocycles. The average Bonchev–Trinajstić information content (AvgIpc) is 2.29. The van der Waals surface area contributed by atoms with Gasteiger partial charge >= 0.3 is 0 Å². The Morgan fingerprint density at radius 2 is 1.94 bits per heavy atom. The van der Waals surface area contributed by atoms with Gasteiger partial charge in [-0.05, 0) is 13.0 Å². The number of hydrogen-bond donors (Lipinski definition) is 4. The zero-order valence-corrected chi connectivity index (χ0v) is 9.36. The Morgan fingerprint density at radius 1 is 1.29 bits per heavy atom. The number of aliphatic hydroxyl groups excluding tert-OH is 4. The van der Waals surface area contributed by atoms with E-state index < -0.39 is 43.1 Å². The highest BCUT2D eigenvalue weighted by atomic mass is 19.1. The van der Waals surface area contributed by atoms with Crippen LogP contribution in [0.2, 0.25) is 0 Å². The van der Waals surface area contributed by atoms with Gasteiger partial charge in [-0.15, -0.1) is 0 Å². The topological polar surface area (TPSA) is 99.4 Å². The van der Waals surface area contributed by atoms with E-state index in [2.05, 4.69) is 0 Å². The predicted octanol–water partition coefficient (Wildman–Crippen LogP) is -1.32. The highest BCUT2D eigenvalue weighted by Gasteiger charge is 2.43. The van der Waals surface area contributed by atoms with E-state index in [0.29, 0.717) is 0 Å². The van der Waals surface area contributed by atoms with Gasteiger partial charge in [0.2, 0.25) is 0 Å². The molecule has 17 heavy (non-hydrogen) atoms. The number of hydrogen-bond acceptors (Lipinski definition) is 6. The third-order valence-corrected chi connectivity index (χ3v) is 2.47. The van der Waals surface area contributed by atoms with Crippen molar-refractivity contribution in [2.24, 2.45) is 0 Å². The maximum absolute atomic E-state index is 12.4. The molecular formula is C10H17FO6. The minimum absolute atomic E-state index is 0.148. The van der Waals surface area contributed by atoms with Gasteiger partial charge in [0, 0.05) is 0 Å². The summed E-state index contributed by atoms with van der Waals surface area (Å²) in [6.45, 7) is 0.560. The first-order chi connectivity index (χ1) is 7.97. The van der Waals surface area contributed by atoms with Gasteiger partial charge in [0.1, 0.15) is 24.4 Å². The third-order valence-electron chi connectivity index (χ3n) is 2.47. The Morgan fingerprint density at radius 3 is 2.47 bits per heavy atom. The molecule has 0 amide bonds. The zero-order valence-electron chi connectivity index (χ0n) is 9.36. The van der Waals surface area contributed by atoms with Gasteiger partial charge in [-0.1, -0.05) is 0 Å². The SMILES string of the molecule is CC(F)=CCO[C@@H]1OC(CO)[C@@H](O)[C@H](O)C1O. The highest BCUT2D eigenvalue weighted by Crippen LogP contribution is 2.21. The summed E-state index contributed by atoms with van der Waals surface area (Å²) in [5, 5.41) is 37.3. The highest BCUT2D eigenvalue weighted by molar-refractivity contribution is 4.90. The first-order valence-electron chi connectivity index (χ1n) is 5.21. The van der Waals surface area contributed by atoms with Crippen LogP contribution in [0, 0.1) is 0 Å². The molecule has 0 radical (unpaired) electrons. The molecule has 1 fully saturated rings. The van der Waals surface area contributed by atoms with E-state index in [1.807, 2.05) is 0 Å². The molecule has 0 spiro atoms. The fraction of sp³-hybridized carbons (Fsp3) is 0.800. The first kappa shape index (κ1) is 14.5. The molecule has 0 aliphatic carbocycles. The van der Waals surface area contributed by atoms with Gasteiger partial charge in [0.05, 0.1) is 19.0 Å². The van der Waals surface area contributed by atoms with Gasteiger partial charge in [-0.25, -0.2) is 4.39 Å². The van der Waals surface area contributed by atoms with Crippen LogP contribution in [0.5, 0.6) is 0 Å². The van der Waals surface area contributed by atoms with E-state index in [9.17, 15) is 19.7 Å². The Bertz CT molecular complexity index is 266. The summed E-state index contributed by atoms with van der Waals surface area (Å²) >= 11 is 0. The van der Waals surface area contributed by atoms with Gasteiger partial charge in [0.15, 0.2) is 6.29 Å². The van der Waals surface area contributed by atoms with Crippen molar-refractivity contribution in [1.82, 2.24) is 0 Å². The minimum Gasteiger partial charge on any atom is -0.394 e. The lowest BCUT2D eigenvalue weighted by Gasteiger charge is -2.39. The molecular weight excluding hydrogens is 235 g/mol. The van der Waals surface area contributed by atoms with Crippen molar-refractivity contribution in [2.45, 2.75) is 37.6 Å². The van der Waals surface area contributed by atoms with E-state index in [0.717, 1.165) is 6.08 Å². The molecule has 4 N–H and O–H groups in total. The first-order valence-corrected chi connectivity index (χ1v) is 5.21. The van der Waals surface area contributed by atoms with Gasteiger partial charge in [-0.3, -0.25) is 0 Å². The number of rotatable bonds is 4. The molecule has 1 aliphatic heterocycles. The molecule has 2 unspecified atom stereocenters. The molecule has 1 rings (SSSR count). The van der Waals surface area contributed by atoms with Crippen LogP contribution < -0.4 is 0 Å². The van der Waals surface area contributed by atoms with Crippen LogP contribution in [-0.2, 0) is 9.47 Å². The molecule has 0 bridgehead atoms. The maximum Gasteiger partial charge on any atom is 0.187 e. The molecule has 1 aliphatic rings. The fourth-order valence-corrected chi connectivity index (χ4v) is 1.46. The number of aliphatic hydroxyl groups is 4. The monoisotopic (exact) mass is 252 g/mol. The second-order valence-corrected chi connectivity index (χ2v) is 3.82. The molecule has 1 heterocycles. The summed E-state index contributed by atoms with van der Waals surface area (Å²) < 4.78 is 22.4. The lowest BCUT2D eigenvalue weighted by molar-refractivity contribution is -0.298. The number of halogens is 1. The summed E-state index contributed by atoms with van der Waals surface area (Å²) in [5.41, 5.74) is 0. The lowest BCUT2D eigenvalue weighted by Crippen LogP contribution is -2.59. The van der Waals surface area contributed by atoms with Crippen molar-refractivity contribution in [3.8, 4) is 0 Å². The van der Waals surface area contributed by atoms with E-state index in [-0.39, 0.29) is 6.61 Å². The van der Waals surface area contributed by atoms with Crippen molar-refractivity contribution in [3.05, 3.63) is 11.9 Å². The van der Waals surface area contributed by atoms with Crippen LogP contribution >= 0.6 is 0 Å². The van der Waals surface area contributed by atoms with Crippen LogP contribution in [-0.4, -0.2) is 64.3 Å². The van der Waals surface area contributed by atoms with Crippen molar-refractivity contribution in [1.29, 1.82) is 0 Å². The van der Waals surface area contributed by atoms with E-state index in [1.54, 1.807) is 0 Å². The largest absolute Gasteiger partial charge is 0.394 e. The number of ether oxygens (including phenoxy) is 2. The van der Waals surface area contributed by atoms with E-state index in [4.69, 9.17) is 14.6 Å². The van der Waals surface area contributed by atoms with Crippen LogP contribution in [0.4, 0.5) is 4.39 Å². The molecule has 0 aromatic heterocycles. The Hall–Kier alpha value is -0.570. The van der Waals surface area contributed by atoms with Crippen LogP contribution in [0.3, 0.4) is 0 Å². The second-order valence-electron chi connectivity index (χ2n) is 3.82. The second kappa shape index (κ2) is 6.39. The molecule has 7 heteroatoms. The predicted molar refractivity (Wildman–Crippen MR) is 54.6 cm³/mol. The minimum atomic E-state index is -1.48. The zero-order chi connectivity index (χ0) is 13.0. The van der Waals surface area contributed by atoms with Crippen LogP contribution in [0.15, 0.2) is 11.9 Å². The normalized spacial score (nSPS) is 39.4. The molecule has 0 aromatic rings. The lowest BCUT2D eigenvalue weighted by atomic mass is 9.99. The van der Waals surface area contributed by atoms with Crippen LogP contribution in [0.1, 0.15) is 6.92 Å². The molecule has 100 valence electrons. The van der Waals surface area contributed by atoms with E-state index >= 15 is 0 Å². The quantitative estimate of drug-likeness (QED) is 0.495. The van der Waals surface area contributed by atoms with Gasteiger partial charge in [0.25, 0.3) is 0 Å². The van der Waals surface area contributed by atoms with Crippen molar-refractivity contribution in [3.63, 3.8) is 0 Å². The molecule has 6 nitrogen and oxygen atoms in total. The van der Waals surface area contributed by atoms with E-state index in [1.165, 1.54) is 6.92 Å². The summed E-state index contributed by atoms with van der Waals surface area (Å²) in [7, 11) is 0. The molecule has 0 saturated carbocycles. The van der Waals surface area contributed by atoms with Crippen LogP contribution in [0.25, 0.3) is 0 Å². The Labute approximate surface area is 97.9 Å². The van der Waals surface area contributed by atoms with Gasteiger partial charge in [-0.2, -0.15) is 0 Å². The number of allylic oxidation sites excluding steroid dienone is 1. The summed E-state index contributed by atoms with van der Waals surface area (Å²) in [5.74, 6) is -0.449. The maximum atomic E-state index is 12.4.